The van der Waals surface area contributed by atoms with E-state index in [1.54, 1.807) is 0 Å². The van der Waals surface area contributed by atoms with Crippen LogP contribution in [0.1, 0.15) is 24.1 Å². The first-order valence-electron chi connectivity index (χ1n) is 8.97. The average molecular weight is 338 g/mol. The molecule has 0 spiro atoms. The van der Waals surface area contributed by atoms with Crippen molar-refractivity contribution in [2.45, 2.75) is 38.4 Å². The van der Waals surface area contributed by atoms with Gasteiger partial charge < -0.3 is 14.4 Å². The third-order valence-corrected chi connectivity index (χ3v) is 5.59. The first kappa shape index (κ1) is 15.0. The summed E-state index contributed by atoms with van der Waals surface area (Å²) in [5.41, 5.74) is 2.26. The molecule has 6 nitrogen and oxygen atoms in total. The fourth-order valence-corrected chi connectivity index (χ4v) is 4.37. The molecule has 4 heterocycles. The molecule has 2 aromatic rings. The Morgan fingerprint density at radius 2 is 1.88 bits per heavy atom. The molecule has 2 saturated heterocycles. The molecule has 1 aromatic carbocycles. The van der Waals surface area contributed by atoms with Gasteiger partial charge >= 0.3 is 0 Å². The number of rotatable bonds is 3. The van der Waals surface area contributed by atoms with Gasteiger partial charge in [0.25, 0.3) is 0 Å². The fraction of sp³-hybridized carbons (Fsp3) is 0.474. The maximum absolute atomic E-state index is 5.51. The molecule has 0 saturated carbocycles. The number of nitrogens with zero attached hydrogens (tertiary/aromatic N) is 4. The van der Waals surface area contributed by atoms with Gasteiger partial charge in [-0.05, 0) is 49.6 Å². The zero-order chi connectivity index (χ0) is 16.8. The molecule has 1 aromatic heterocycles. The number of anilines is 1. The SMILES string of the molecule is Cc1ccc(N2CC[C@@H]3[C@@H]2CCN3Cc2ccc3c(c2)OCO3)nn1. The van der Waals surface area contributed by atoms with E-state index >= 15 is 0 Å². The summed E-state index contributed by atoms with van der Waals surface area (Å²) in [5, 5.41) is 8.62. The smallest absolute Gasteiger partial charge is 0.231 e. The van der Waals surface area contributed by atoms with Gasteiger partial charge in [-0.2, -0.15) is 5.10 Å². The van der Waals surface area contributed by atoms with E-state index in [0.29, 0.717) is 18.9 Å². The van der Waals surface area contributed by atoms with Crippen LogP contribution in [-0.4, -0.2) is 47.1 Å². The van der Waals surface area contributed by atoms with E-state index in [2.05, 4.69) is 44.3 Å². The third-order valence-electron chi connectivity index (χ3n) is 5.59. The minimum atomic E-state index is 0.333. The first-order valence-corrected chi connectivity index (χ1v) is 8.97. The molecule has 0 bridgehead atoms. The molecule has 2 fully saturated rings. The van der Waals surface area contributed by atoms with Gasteiger partial charge in [0.05, 0.1) is 5.69 Å². The molecule has 130 valence electrons. The number of aromatic nitrogens is 2. The van der Waals surface area contributed by atoms with Crippen molar-refractivity contribution in [3.8, 4) is 11.5 Å². The lowest BCUT2D eigenvalue weighted by Gasteiger charge is -2.26. The molecule has 3 aliphatic heterocycles. The molecule has 0 amide bonds. The van der Waals surface area contributed by atoms with Crippen molar-refractivity contribution in [1.29, 1.82) is 0 Å². The standard InChI is InChI=1S/C19H22N4O2/c1-13-2-5-19(21-20-13)23-9-7-15-16(23)6-8-22(15)11-14-3-4-17-18(10-14)25-12-24-17/h2-5,10,15-16H,6-9,11-12H2,1H3/t15-,16+/m1/s1. The van der Waals surface area contributed by atoms with E-state index < -0.39 is 0 Å². The summed E-state index contributed by atoms with van der Waals surface area (Å²) in [7, 11) is 0. The number of benzene rings is 1. The van der Waals surface area contributed by atoms with Crippen LogP contribution in [0.2, 0.25) is 0 Å². The first-order chi connectivity index (χ1) is 12.3. The van der Waals surface area contributed by atoms with Gasteiger partial charge in [-0.3, -0.25) is 4.90 Å². The zero-order valence-corrected chi connectivity index (χ0v) is 14.4. The van der Waals surface area contributed by atoms with Gasteiger partial charge in [0, 0.05) is 31.7 Å². The highest BCUT2D eigenvalue weighted by Crippen LogP contribution is 2.37. The highest BCUT2D eigenvalue weighted by molar-refractivity contribution is 5.45. The molecular weight excluding hydrogens is 316 g/mol. The molecular formula is C19H22N4O2. The summed E-state index contributed by atoms with van der Waals surface area (Å²) >= 11 is 0. The second-order valence-corrected chi connectivity index (χ2v) is 7.10. The summed E-state index contributed by atoms with van der Waals surface area (Å²) in [4.78, 5) is 5.04. The minimum Gasteiger partial charge on any atom is -0.454 e. The van der Waals surface area contributed by atoms with E-state index in [1.807, 2.05) is 13.0 Å². The predicted molar refractivity (Wildman–Crippen MR) is 93.9 cm³/mol. The predicted octanol–water partition coefficient (Wildman–Crippen LogP) is 2.37. The number of hydrogen-bond acceptors (Lipinski definition) is 6. The topological polar surface area (TPSA) is 50.7 Å². The molecule has 0 N–H and O–H groups in total. The lowest BCUT2D eigenvalue weighted by molar-refractivity contribution is 0.174. The molecule has 25 heavy (non-hydrogen) atoms. The van der Waals surface area contributed by atoms with Crippen LogP contribution in [0.3, 0.4) is 0 Å². The molecule has 5 rings (SSSR count). The summed E-state index contributed by atoms with van der Waals surface area (Å²) < 4.78 is 10.9. The number of aryl methyl sites for hydroxylation is 1. The monoisotopic (exact) mass is 338 g/mol. The van der Waals surface area contributed by atoms with Crippen LogP contribution in [0, 0.1) is 6.92 Å². The number of hydrogen-bond donors (Lipinski definition) is 0. The van der Waals surface area contributed by atoms with Crippen molar-refractivity contribution in [1.82, 2.24) is 15.1 Å². The molecule has 2 atom stereocenters. The Morgan fingerprint density at radius 1 is 1.00 bits per heavy atom. The third kappa shape index (κ3) is 2.61. The summed E-state index contributed by atoms with van der Waals surface area (Å²) in [5.74, 6) is 2.74. The molecule has 0 aliphatic carbocycles. The second-order valence-electron chi connectivity index (χ2n) is 7.10. The van der Waals surface area contributed by atoms with Crippen molar-refractivity contribution in [2.24, 2.45) is 0 Å². The van der Waals surface area contributed by atoms with Crippen LogP contribution < -0.4 is 14.4 Å². The Morgan fingerprint density at radius 3 is 2.76 bits per heavy atom. The Balaban J connectivity index is 1.31. The Bertz CT molecular complexity index is 779. The number of likely N-dealkylation sites (tertiary alicyclic amines) is 1. The van der Waals surface area contributed by atoms with Crippen LogP contribution in [-0.2, 0) is 6.54 Å². The largest absolute Gasteiger partial charge is 0.454 e. The van der Waals surface area contributed by atoms with Crippen LogP contribution in [0.5, 0.6) is 11.5 Å². The number of ether oxygens (including phenoxy) is 2. The highest BCUT2D eigenvalue weighted by Gasteiger charge is 2.42. The van der Waals surface area contributed by atoms with Gasteiger partial charge in [0.2, 0.25) is 6.79 Å². The number of fused-ring (bicyclic) bond motifs is 2. The van der Waals surface area contributed by atoms with Crippen molar-refractivity contribution in [3.63, 3.8) is 0 Å². The quantitative estimate of drug-likeness (QED) is 0.856. The van der Waals surface area contributed by atoms with Gasteiger partial charge in [-0.15, -0.1) is 5.10 Å². The van der Waals surface area contributed by atoms with Gasteiger partial charge in [0.1, 0.15) is 0 Å². The van der Waals surface area contributed by atoms with E-state index in [9.17, 15) is 0 Å². The van der Waals surface area contributed by atoms with Gasteiger partial charge in [-0.25, -0.2) is 0 Å². The van der Waals surface area contributed by atoms with Crippen LogP contribution in [0.25, 0.3) is 0 Å². The Kier molecular flexibility index (Phi) is 3.52. The normalized spacial score (nSPS) is 24.8. The summed E-state index contributed by atoms with van der Waals surface area (Å²) in [6, 6.07) is 11.6. The average Bonchev–Trinajstić information content (AvgIpc) is 3.33. The lowest BCUT2D eigenvalue weighted by atomic mass is 10.1. The summed E-state index contributed by atoms with van der Waals surface area (Å²) in [6.45, 7) is 5.46. The molecule has 0 radical (unpaired) electrons. The van der Waals surface area contributed by atoms with Crippen molar-refractivity contribution in [2.75, 3.05) is 24.8 Å². The van der Waals surface area contributed by atoms with E-state index in [0.717, 1.165) is 42.6 Å². The lowest BCUT2D eigenvalue weighted by Crippen LogP contribution is -2.36. The fourth-order valence-electron chi connectivity index (χ4n) is 4.37. The van der Waals surface area contributed by atoms with Crippen LogP contribution in [0.15, 0.2) is 30.3 Å². The maximum Gasteiger partial charge on any atom is 0.231 e. The van der Waals surface area contributed by atoms with Crippen LogP contribution in [0.4, 0.5) is 5.82 Å². The molecule has 6 heteroatoms. The minimum absolute atomic E-state index is 0.333. The second kappa shape index (κ2) is 5.88. The van der Waals surface area contributed by atoms with Crippen molar-refractivity contribution < 1.29 is 9.47 Å². The Hall–Kier alpha value is -2.34. The van der Waals surface area contributed by atoms with E-state index in [-0.39, 0.29) is 0 Å². The van der Waals surface area contributed by atoms with Crippen molar-refractivity contribution >= 4 is 5.82 Å². The molecule has 3 aliphatic rings. The van der Waals surface area contributed by atoms with Crippen molar-refractivity contribution in [3.05, 3.63) is 41.6 Å². The maximum atomic E-state index is 5.51. The van der Waals surface area contributed by atoms with E-state index in [4.69, 9.17) is 9.47 Å². The van der Waals surface area contributed by atoms with E-state index in [1.165, 1.54) is 18.4 Å². The molecule has 0 unspecified atom stereocenters. The summed E-state index contributed by atoms with van der Waals surface area (Å²) in [6.07, 6.45) is 2.37. The van der Waals surface area contributed by atoms with Gasteiger partial charge in [0.15, 0.2) is 17.3 Å². The highest BCUT2D eigenvalue weighted by atomic mass is 16.7. The zero-order valence-electron chi connectivity index (χ0n) is 14.4. The Labute approximate surface area is 147 Å². The van der Waals surface area contributed by atoms with Crippen LogP contribution >= 0.6 is 0 Å². The van der Waals surface area contributed by atoms with Gasteiger partial charge in [-0.1, -0.05) is 6.07 Å².